The highest BCUT2D eigenvalue weighted by molar-refractivity contribution is 5.86. The molecule has 0 aromatic carbocycles. The van der Waals surface area contributed by atoms with Gasteiger partial charge in [0.15, 0.2) is 0 Å². The van der Waals surface area contributed by atoms with E-state index < -0.39 is 23.6 Å². The van der Waals surface area contributed by atoms with E-state index in [1.54, 1.807) is 27.7 Å². The van der Waals surface area contributed by atoms with Crippen LogP contribution >= 0.6 is 0 Å². The van der Waals surface area contributed by atoms with E-state index in [4.69, 9.17) is 28.4 Å². The summed E-state index contributed by atoms with van der Waals surface area (Å²) in [6.45, 7) is 12.7. The molecule has 0 spiro atoms. The summed E-state index contributed by atoms with van der Waals surface area (Å²) >= 11 is 0. The molecule has 2 amide bonds. The average molecular weight is 559 g/mol. The van der Waals surface area contributed by atoms with Crippen LogP contribution in [-0.4, -0.2) is 90.1 Å². The minimum absolute atomic E-state index is 0.0925. The Kier molecular flexibility index (Phi) is 16.9. The van der Waals surface area contributed by atoms with Crippen molar-refractivity contribution in [1.29, 1.82) is 0 Å². The lowest BCUT2D eigenvalue weighted by molar-refractivity contribution is -0.154. The fraction of sp³-hybridized carbons (Fsp3) is 0.778. The first-order valence-electron chi connectivity index (χ1n) is 13.5. The number of amides is 2. The topological polar surface area (TPSA) is 148 Å². The minimum Gasteiger partial charge on any atom is -0.463 e. The van der Waals surface area contributed by atoms with Crippen molar-refractivity contribution in [3.8, 4) is 0 Å². The SMILES string of the molecule is C=C(C)C(=O)OCCOCCOC(=O)NCC1CCCC(CNC(=O)OCCOCCOC(=O)C(C)(C)C)C1. The molecular formula is C27H46N2O10. The van der Waals surface area contributed by atoms with Crippen LogP contribution in [-0.2, 0) is 38.0 Å². The van der Waals surface area contributed by atoms with Gasteiger partial charge in [-0.2, -0.15) is 0 Å². The molecule has 1 rings (SSSR count). The summed E-state index contributed by atoms with van der Waals surface area (Å²) in [5.74, 6) is -0.156. The van der Waals surface area contributed by atoms with Crippen LogP contribution < -0.4 is 10.6 Å². The molecule has 12 heteroatoms. The predicted octanol–water partition coefficient (Wildman–Crippen LogP) is 2.99. The molecule has 0 aromatic rings. The van der Waals surface area contributed by atoms with Crippen LogP contribution in [0.25, 0.3) is 0 Å². The Morgan fingerprint density at radius 2 is 1.15 bits per heavy atom. The number of alkyl carbamates (subject to hydrolysis) is 2. The summed E-state index contributed by atoms with van der Waals surface area (Å²) in [7, 11) is 0. The molecule has 2 N–H and O–H groups in total. The monoisotopic (exact) mass is 558 g/mol. The first-order chi connectivity index (χ1) is 18.5. The largest absolute Gasteiger partial charge is 0.463 e. The molecule has 0 heterocycles. The molecule has 0 aromatic heterocycles. The Bertz CT molecular complexity index is 781. The Labute approximate surface area is 231 Å². The third-order valence-electron chi connectivity index (χ3n) is 5.77. The van der Waals surface area contributed by atoms with Crippen molar-refractivity contribution in [2.75, 3.05) is 65.9 Å². The lowest BCUT2D eigenvalue weighted by atomic mass is 9.81. The minimum atomic E-state index is -0.551. The van der Waals surface area contributed by atoms with Crippen LogP contribution in [0.4, 0.5) is 9.59 Å². The number of rotatable bonds is 17. The molecule has 1 saturated carbocycles. The maximum atomic E-state index is 11.9. The number of nitrogens with one attached hydrogen (secondary N) is 2. The van der Waals surface area contributed by atoms with E-state index in [0.717, 1.165) is 25.7 Å². The maximum absolute atomic E-state index is 11.9. The van der Waals surface area contributed by atoms with E-state index in [1.807, 2.05) is 0 Å². The second-order valence-corrected chi connectivity index (χ2v) is 10.5. The zero-order chi connectivity index (χ0) is 29.1. The molecule has 0 bridgehead atoms. The first-order valence-corrected chi connectivity index (χ1v) is 13.5. The van der Waals surface area contributed by atoms with Gasteiger partial charge in [0.25, 0.3) is 0 Å². The van der Waals surface area contributed by atoms with Gasteiger partial charge in [0, 0.05) is 18.7 Å². The maximum Gasteiger partial charge on any atom is 0.407 e. The molecular weight excluding hydrogens is 512 g/mol. The van der Waals surface area contributed by atoms with Gasteiger partial charge in [0.2, 0.25) is 0 Å². The van der Waals surface area contributed by atoms with Crippen LogP contribution in [0.15, 0.2) is 12.2 Å². The highest BCUT2D eigenvalue weighted by Crippen LogP contribution is 2.28. The van der Waals surface area contributed by atoms with Gasteiger partial charge in [0.05, 0.1) is 31.8 Å². The van der Waals surface area contributed by atoms with Gasteiger partial charge in [-0.15, -0.1) is 0 Å². The number of carbonyl (C=O) groups excluding carboxylic acids is 4. The van der Waals surface area contributed by atoms with E-state index in [0.29, 0.717) is 30.5 Å². The zero-order valence-corrected chi connectivity index (χ0v) is 23.8. The summed E-state index contributed by atoms with van der Waals surface area (Å²) < 4.78 is 30.8. The molecule has 0 radical (unpaired) electrons. The van der Waals surface area contributed by atoms with Crippen molar-refractivity contribution < 1.29 is 47.6 Å². The van der Waals surface area contributed by atoms with E-state index in [1.165, 1.54) is 0 Å². The molecule has 1 fully saturated rings. The number of hydrogen-bond donors (Lipinski definition) is 2. The summed E-state index contributed by atoms with van der Waals surface area (Å²) in [5, 5.41) is 5.57. The van der Waals surface area contributed by atoms with Gasteiger partial charge in [-0.1, -0.05) is 13.0 Å². The van der Waals surface area contributed by atoms with E-state index in [2.05, 4.69) is 17.2 Å². The van der Waals surface area contributed by atoms with E-state index in [-0.39, 0.29) is 58.8 Å². The van der Waals surface area contributed by atoms with Crippen LogP contribution in [0.3, 0.4) is 0 Å². The predicted molar refractivity (Wildman–Crippen MR) is 142 cm³/mol. The first kappa shape index (κ1) is 34.2. The summed E-state index contributed by atoms with van der Waals surface area (Å²) in [6, 6.07) is 0. The van der Waals surface area contributed by atoms with Crippen LogP contribution in [0.5, 0.6) is 0 Å². The Balaban J connectivity index is 2.04. The summed E-state index contributed by atoms with van der Waals surface area (Å²) in [4.78, 5) is 46.7. The van der Waals surface area contributed by atoms with Crippen molar-refractivity contribution in [3.05, 3.63) is 12.2 Å². The van der Waals surface area contributed by atoms with Gasteiger partial charge in [-0.3, -0.25) is 4.79 Å². The van der Waals surface area contributed by atoms with Gasteiger partial charge in [-0.05, 0) is 58.8 Å². The summed E-state index contributed by atoms with van der Waals surface area (Å²) in [6.07, 6.45) is 2.87. The Hall–Kier alpha value is -2.86. The van der Waals surface area contributed by atoms with Gasteiger partial charge < -0.3 is 39.1 Å². The molecule has 39 heavy (non-hydrogen) atoms. The van der Waals surface area contributed by atoms with Crippen molar-refractivity contribution in [2.45, 2.75) is 53.4 Å². The standard InChI is InChI=1S/C27H46N2O10/c1-20(2)23(30)36-13-9-34-11-15-38-25(32)28-18-21-7-6-8-22(17-21)19-29-26(33)39-16-12-35-10-14-37-24(31)27(3,4)5/h21-22H,1,6-19H2,2-5H3,(H,28,32)(H,29,33). The Morgan fingerprint density at radius 3 is 1.59 bits per heavy atom. The van der Waals surface area contributed by atoms with Crippen molar-refractivity contribution in [2.24, 2.45) is 17.3 Å². The summed E-state index contributed by atoms with van der Waals surface area (Å²) in [5.41, 5.74) is -0.227. The van der Waals surface area contributed by atoms with Gasteiger partial charge in [-0.25, -0.2) is 14.4 Å². The second-order valence-electron chi connectivity index (χ2n) is 10.5. The third-order valence-corrected chi connectivity index (χ3v) is 5.77. The number of esters is 2. The van der Waals surface area contributed by atoms with Gasteiger partial charge >= 0.3 is 24.1 Å². The molecule has 2 unspecified atom stereocenters. The van der Waals surface area contributed by atoms with Crippen LogP contribution in [0.2, 0.25) is 0 Å². The highest BCUT2D eigenvalue weighted by atomic mass is 16.6. The number of ether oxygens (including phenoxy) is 6. The van der Waals surface area contributed by atoms with Crippen molar-refractivity contribution >= 4 is 24.1 Å². The second kappa shape index (κ2) is 19.2. The molecule has 224 valence electrons. The lowest BCUT2D eigenvalue weighted by Crippen LogP contribution is -2.36. The van der Waals surface area contributed by atoms with E-state index in [9.17, 15) is 19.2 Å². The van der Waals surface area contributed by atoms with Crippen LogP contribution in [0.1, 0.15) is 53.4 Å². The molecule has 0 saturated heterocycles. The number of carbonyl (C=O) groups is 4. The van der Waals surface area contributed by atoms with Crippen LogP contribution in [0, 0.1) is 17.3 Å². The smallest absolute Gasteiger partial charge is 0.407 e. The molecule has 2 atom stereocenters. The molecule has 0 aliphatic heterocycles. The number of hydrogen-bond acceptors (Lipinski definition) is 10. The zero-order valence-electron chi connectivity index (χ0n) is 23.8. The van der Waals surface area contributed by atoms with Crippen molar-refractivity contribution in [1.82, 2.24) is 10.6 Å². The Morgan fingerprint density at radius 1 is 0.718 bits per heavy atom. The van der Waals surface area contributed by atoms with Crippen molar-refractivity contribution in [3.63, 3.8) is 0 Å². The normalized spacial score (nSPS) is 17.0. The van der Waals surface area contributed by atoms with Gasteiger partial charge in [0.1, 0.15) is 26.4 Å². The average Bonchev–Trinajstić information content (AvgIpc) is 2.89. The quantitative estimate of drug-likeness (QED) is 0.118. The molecule has 1 aliphatic carbocycles. The molecule has 12 nitrogen and oxygen atoms in total. The highest BCUT2D eigenvalue weighted by Gasteiger charge is 2.24. The third kappa shape index (κ3) is 17.4. The fourth-order valence-electron chi connectivity index (χ4n) is 3.65. The van der Waals surface area contributed by atoms with E-state index >= 15 is 0 Å². The molecule has 1 aliphatic rings. The fourth-order valence-corrected chi connectivity index (χ4v) is 3.65. The lowest BCUT2D eigenvalue weighted by Gasteiger charge is -2.29.